The minimum absolute atomic E-state index is 0.267. The molecule has 0 unspecified atom stereocenters. The number of fused-ring (bicyclic) bond motifs is 2. The first-order valence-corrected chi connectivity index (χ1v) is 9.66. The summed E-state index contributed by atoms with van der Waals surface area (Å²) in [5, 5.41) is 3.22. The normalized spacial score (nSPS) is 12.8. The average molecular weight is 407 g/mol. The van der Waals surface area contributed by atoms with Crippen molar-refractivity contribution in [3.63, 3.8) is 0 Å². The second kappa shape index (κ2) is 7.37. The number of imidazole rings is 1. The Bertz CT molecular complexity index is 1250. The van der Waals surface area contributed by atoms with Crippen molar-refractivity contribution in [1.82, 2.24) is 19.4 Å². The summed E-state index contributed by atoms with van der Waals surface area (Å²) in [6, 6.07) is 4.94. The van der Waals surface area contributed by atoms with Gasteiger partial charge >= 0.3 is 0 Å². The number of halogens is 2. The Morgan fingerprint density at radius 2 is 2.07 bits per heavy atom. The van der Waals surface area contributed by atoms with Gasteiger partial charge in [-0.3, -0.25) is 9.38 Å². The fraction of sp³-hybridized carbons (Fsp3) is 0.227. The average Bonchev–Trinajstić information content (AvgIpc) is 3.43. The van der Waals surface area contributed by atoms with Crippen molar-refractivity contribution in [3.05, 3.63) is 71.3 Å². The molecule has 0 bridgehead atoms. The van der Waals surface area contributed by atoms with E-state index in [1.165, 1.54) is 6.07 Å². The number of rotatable bonds is 5. The molecule has 0 aliphatic carbocycles. The predicted octanol–water partition coefficient (Wildman–Crippen LogP) is 4.26. The second-order valence-corrected chi connectivity index (χ2v) is 7.16. The van der Waals surface area contributed by atoms with Crippen molar-refractivity contribution in [3.8, 4) is 16.9 Å². The summed E-state index contributed by atoms with van der Waals surface area (Å²) in [4.78, 5) is 12.9. The van der Waals surface area contributed by atoms with Crippen LogP contribution < -0.4 is 10.1 Å². The molecular weight excluding hydrogens is 388 g/mol. The quantitative estimate of drug-likeness (QED) is 0.536. The van der Waals surface area contributed by atoms with E-state index in [0.717, 1.165) is 33.5 Å². The number of nitrogens with one attached hydrogen (secondary N) is 1. The third-order valence-corrected chi connectivity index (χ3v) is 5.55. The fourth-order valence-electron chi connectivity index (χ4n) is 3.93. The Labute approximate surface area is 171 Å². The minimum atomic E-state index is -0.626. The summed E-state index contributed by atoms with van der Waals surface area (Å²) < 4.78 is 35.0. The molecule has 0 saturated heterocycles. The van der Waals surface area contributed by atoms with Crippen LogP contribution in [0.5, 0.6) is 5.75 Å². The SMILES string of the molecule is Cc1c(-c2cnc(NCc3c(F)ccc4c3CCO4)n3cncc23)ccnc1CF. The summed E-state index contributed by atoms with van der Waals surface area (Å²) in [7, 11) is 0. The third kappa shape index (κ3) is 2.96. The first-order chi connectivity index (χ1) is 14.7. The van der Waals surface area contributed by atoms with Crippen molar-refractivity contribution >= 4 is 11.5 Å². The number of hydrogen-bond acceptors (Lipinski definition) is 5. The maximum Gasteiger partial charge on any atom is 0.208 e. The van der Waals surface area contributed by atoms with Gasteiger partial charge in [-0.2, -0.15) is 0 Å². The number of anilines is 1. The Morgan fingerprint density at radius 1 is 1.17 bits per heavy atom. The highest BCUT2D eigenvalue weighted by atomic mass is 19.1. The third-order valence-electron chi connectivity index (χ3n) is 5.55. The zero-order chi connectivity index (χ0) is 20.7. The van der Waals surface area contributed by atoms with Gasteiger partial charge in [0.1, 0.15) is 24.6 Å². The first-order valence-electron chi connectivity index (χ1n) is 9.66. The highest BCUT2D eigenvalue weighted by Crippen LogP contribution is 2.32. The maximum atomic E-state index is 14.4. The molecule has 0 atom stereocenters. The topological polar surface area (TPSA) is 64.3 Å². The van der Waals surface area contributed by atoms with Gasteiger partial charge in [-0.05, 0) is 36.2 Å². The monoisotopic (exact) mass is 407 g/mol. The number of pyridine rings is 1. The summed E-state index contributed by atoms with van der Waals surface area (Å²) in [5.74, 6) is 1.01. The van der Waals surface area contributed by atoms with Gasteiger partial charge in [0.2, 0.25) is 5.95 Å². The highest BCUT2D eigenvalue weighted by molar-refractivity contribution is 5.82. The van der Waals surface area contributed by atoms with Crippen molar-refractivity contribution in [2.45, 2.75) is 26.6 Å². The van der Waals surface area contributed by atoms with E-state index in [0.29, 0.717) is 30.2 Å². The van der Waals surface area contributed by atoms with Gasteiger partial charge in [-0.25, -0.2) is 18.7 Å². The van der Waals surface area contributed by atoms with Crippen molar-refractivity contribution in [2.24, 2.45) is 0 Å². The maximum absolute atomic E-state index is 14.4. The molecule has 0 amide bonds. The van der Waals surface area contributed by atoms with E-state index in [1.807, 2.05) is 17.4 Å². The molecule has 152 valence electrons. The molecule has 1 aliphatic heterocycles. The summed E-state index contributed by atoms with van der Waals surface area (Å²) in [5.41, 5.74) is 5.15. The number of nitrogens with zero attached hydrogens (tertiary/aromatic N) is 4. The Balaban J connectivity index is 1.51. The molecule has 3 aromatic heterocycles. The molecule has 8 heteroatoms. The van der Waals surface area contributed by atoms with Gasteiger partial charge in [0.25, 0.3) is 0 Å². The number of aromatic nitrogens is 4. The van der Waals surface area contributed by atoms with Crippen molar-refractivity contribution < 1.29 is 13.5 Å². The molecule has 4 heterocycles. The molecule has 30 heavy (non-hydrogen) atoms. The molecule has 6 nitrogen and oxygen atoms in total. The number of benzene rings is 1. The van der Waals surface area contributed by atoms with Crippen LogP contribution in [0.4, 0.5) is 14.7 Å². The van der Waals surface area contributed by atoms with Crippen LogP contribution in [0.15, 0.2) is 43.1 Å². The van der Waals surface area contributed by atoms with E-state index in [1.54, 1.807) is 31.0 Å². The molecule has 0 fully saturated rings. The largest absolute Gasteiger partial charge is 0.493 e. The summed E-state index contributed by atoms with van der Waals surface area (Å²) in [6.07, 6.45) is 7.38. The summed E-state index contributed by atoms with van der Waals surface area (Å²) >= 11 is 0. The standard InChI is InChI=1S/C22H19F2N5O/c1-13-14(4-6-26-19(13)8-23)17-10-28-22(29-12-25-11-20(17)29)27-9-16-15-5-7-30-21(15)3-2-18(16)24/h2-4,6,10-12H,5,7-9H2,1H3,(H,27,28). The molecular formula is C22H19F2N5O. The van der Waals surface area contributed by atoms with Crippen LogP contribution in [0, 0.1) is 12.7 Å². The summed E-state index contributed by atoms with van der Waals surface area (Å²) in [6.45, 7) is 2.06. The smallest absolute Gasteiger partial charge is 0.208 e. The van der Waals surface area contributed by atoms with Crippen LogP contribution in [0.1, 0.15) is 22.4 Å². The van der Waals surface area contributed by atoms with Gasteiger partial charge in [0.15, 0.2) is 0 Å². The van der Waals surface area contributed by atoms with Gasteiger partial charge in [-0.15, -0.1) is 0 Å². The van der Waals surface area contributed by atoms with Crippen LogP contribution in [0.3, 0.4) is 0 Å². The molecule has 0 spiro atoms. The Morgan fingerprint density at radius 3 is 2.93 bits per heavy atom. The van der Waals surface area contributed by atoms with Gasteiger partial charge in [-0.1, -0.05) is 0 Å². The molecule has 1 aromatic carbocycles. The lowest BCUT2D eigenvalue weighted by atomic mass is 10.0. The van der Waals surface area contributed by atoms with E-state index < -0.39 is 6.67 Å². The van der Waals surface area contributed by atoms with Crippen LogP contribution in [0.25, 0.3) is 16.6 Å². The number of ether oxygens (including phenoxy) is 1. The number of alkyl halides is 1. The molecule has 0 radical (unpaired) electrons. The molecule has 5 rings (SSSR count). The Hall–Kier alpha value is -3.55. The molecule has 1 aliphatic rings. The lowest BCUT2D eigenvalue weighted by molar-refractivity contribution is 0.356. The van der Waals surface area contributed by atoms with E-state index in [-0.39, 0.29) is 12.4 Å². The predicted molar refractivity (Wildman–Crippen MR) is 109 cm³/mol. The lowest BCUT2D eigenvalue weighted by Gasteiger charge is -2.14. The first kappa shape index (κ1) is 18.5. The fourth-order valence-corrected chi connectivity index (χ4v) is 3.93. The van der Waals surface area contributed by atoms with Crippen LogP contribution >= 0.6 is 0 Å². The zero-order valence-electron chi connectivity index (χ0n) is 16.3. The van der Waals surface area contributed by atoms with Gasteiger partial charge < -0.3 is 10.1 Å². The van der Waals surface area contributed by atoms with Gasteiger partial charge in [0.05, 0.1) is 24.0 Å². The zero-order valence-corrected chi connectivity index (χ0v) is 16.3. The van der Waals surface area contributed by atoms with E-state index in [9.17, 15) is 8.78 Å². The van der Waals surface area contributed by atoms with E-state index in [2.05, 4.69) is 20.3 Å². The second-order valence-electron chi connectivity index (χ2n) is 7.16. The molecule has 0 saturated carbocycles. The van der Waals surface area contributed by atoms with Gasteiger partial charge in [0, 0.05) is 42.0 Å². The Kier molecular flexibility index (Phi) is 4.54. The van der Waals surface area contributed by atoms with Crippen molar-refractivity contribution in [2.75, 3.05) is 11.9 Å². The minimum Gasteiger partial charge on any atom is -0.493 e. The molecule has 1 N–H and O–H groups in total. The van der Waals surface area contributed by atoms with Crippen molar-refractivity contribution in [1.29, 1.82) is 0 Å². The lowest BCUT2D eigenvalue weighted by Crippen LogP contribution is -2.09. The highest BCUT2D eigenvalue weighted by Gasteiger charge is 2.20. The van der Waals surface area contributed by atoms with Crippen LogP contribution in [-0.2, 0) is 19.6 Å². The van der Waals surface area contributed by atoms with Crippen LogP contribution in [0.2, 0.25) is 0 Å². The molecule has 4 aromatic rings. The van der Waals surface area contributed by atoms with Crippen LogP contribution in [-0.4, -0.2) is 26.0 Å². The van der Waals surface area contributed by atoms with E-state index in [4.69, 9.17) is 4.74 Å². The van der Waals surface area contributed by atoms with E-state index >= 15 is 0 Å². The number of hydrogen-bond donors (Lipinski definition) is 1.